The maximum atomic E-state index is 10.5. The summed E-state index contributed by atoms with van der Waals surface area (Å²) in [4.78, 5) is 4.49. The third-order valence-electron chi connectivity index (χ3n) is 3.65. The predicted octanol–water partition coefficient (Wildman–Crippen LogP) is 1.21. The Bertz CT molecular complexity index is 485. The average molecular weight is 407 g/mol. The average Bonchev–Trinajstić information content (AvgIpc) is 2.87. The molecular weight excluding hydrogens is 381 g/mol. The van der Waals surface area contributed by atoms with Crippen molar-refractivity contribution in [3.05, 3.63) is 18.0 Å². The summed E-state index contributed by atoms with van der Waals surface area (Å²) in [6, 6.07) is 0.510. The van der Waals surface area contributed by atoms with Crippen molar-refractivity contribution in [1.82, 2.24) is 20.4 Å². The molecule has 2 rings (SSSR count). The molecule has 1 aromatic rings. The first-order valence-corrected chi connectivity index (χ1v) is 7.18. The highest BCUT2D eigenvalue weighted by molar-refractivity contribution is 14.0. The SMILES string of the molecule is CCNC(=NCC(C)(O)c1cnn(C)c1)NC1CC1C.I. The van der Waals surface area contributed by atoms with Crippen LogP contribution in [-0.2, 0) is 12.6 Å². The van der Waals surface area contributed by atoms with Gasteiger partial charge in [0.05, 0.1) is 12.7 Å². The Morgan fingerprint density at radius 1 is 1.62 bits per heavy atom. The molecule has 0 spiro atoms. The minimum Gasteiger partial charge on any atom is -0.383 e. The van der Waals surface area contributed by atoms with E-state index in [1.54, 1.807) is 17.8 Å². The quantitative estimate of drug-likeness (QED) is 0.390. The molecular formula is C14H26IN5O. The first-order valence-electron chi connectivity index (χ1n) is 7.18. The van der Waals surface area contributed by atoms with Crippen LogP contribution >= 0.6 is 24.0 Å². The van der Waals surface area contributed by atoms with E-state index < -0.39 is 5.60 Å². The lowest BCUT2D eigenvalue weighted by atomic mass is 10.0. The van der Waals surface area contributed by atoms with Gasteiger partial charge < -0.3 is 15.7 Å². The number of aliphatic hydroxyl groups is 1. The maximum absolute atomic E-state index is 10.5. The number of nitrogens with one attached hydrogen (secondary N) is 2. The van der Waals surface area contributed by atoms with E-state index in [-0.39, 0.29) is 24.0 Å². The summed E-state index contributed by atoms with van der Waals surface area (Å²) in [7, 11) is 1.84. The molecule has 0 aromatic carbocycles. The van der Waals surface area contributed by atoms with Gasteiger partial charge in [-0.3, -0.25) is 4.68 Å². The molecule has 1 heterocycles. The standard InChI is InChI=1S/C14H25N5O.HI/c1-5-15-13(18-12-6-10(12)2)16-9-14(3,20)11-7-17-19(4)8-11;/h7-8,10,12,20H,5-6,9H2,1-4H3,(H2,15,16,18);1H. The van der Waals surface area contributed by atoms with Crippen molar-refractivity contribution >= 4 is 29.9 Å². The van der Waals surface area contributed by atoms with Gasteiger partial charge in [0.2, 0.25) is 0 Å². The van der Waals surface area contributed by atoms with Crippen LogP contribution in [0.15, 0.2) is 17.4 Å². The predicted molar refractivity (Wildman–Crippen MR) is 94.9 cm³/mol. The number of aryl methyl sites for hydroxylation is 1. The van der Waals surface area contributed by atoms with Crippen LogP contribution in [0.2, 0.25) is 0 Å². The van der Waals surface area contributed by atoms with E-state index in [0.29, 0.717) is 18.5 Å². The van der Waals surface area contributed by atoms with E-state index in [4.69, 9.17) is 0 Å². The number of hydrogen-bond acceptors (Lipinski definition) is 3. The molecule has 6 nitrogen and oxygen atoms in total. The van der Waals surface area contributed by atoms with Crippen LogP contribution in [0.1, 0.15) is 32.8 Å². The van der Waals surface area contributed by atoms with Crippen molar-refractivity contribution in [3.63, 3.8) is 0 Å². The minimum atomic E-state index is -1.01. The van der Waals surface area contributed by atoms with Gasteiger partial charge in [-0.25, -0.2) is 4.99 Å². The Kier molecular flexibility index (Phi) is 6.45. The second kappa shape index (κ2) is 7.44. The summed E-state index contributed by atoms with van der Waals surface area (Å²) >= 11 is 0. The topological polar surface area (TPSA) is 74.5 Å². The zero-order chi connectivity index (χ0) is 14.8. The zero-order valence-corrected chi connectivity index (χ0v) is 15.5. The molecule has 1 aliphatic carbocycles. The number of hydrogen-bond donors (Lipinski definition) is 3. The maximum Gasteiger partial charge on any atom is 0.191 e. The van der Waals surface area contributed by atoms with Gasteiger partial charge in [0, 0.05) is 31.4 Å². The van der Waals surface area contributed by atoms with Gasteiger partial charge in [0.15, 0.2) is 5.96 Å². The van der Waals surface area contributed by atoms with Crippen molar-refractivity contribution in [2.45, 2.75) is 38.8 Å². The van der Waals surface area contributed by atoms with Crippen LogP contribution in [0.4, 0.5) is 0 Å². The highest BCUT2D eigenvalue weighted by atomic mass is 127. The van der Waals surface area contributed by atoms with E-state index in [1.165, 1.54) is 6.42 Å². The number of aromatic nitrogens is 2. The van der Waals surface area contributed by atoms with Crippen LogP contribution in [0.5, 0.6) is 0 Å². The molecule has 120 valence electrons. The minimum absolute atomic E-state index is 0. The van der Waals surface area contributed by atoms with Gasteiger partial charge in [-0.2, -0.15) is 5.10 Å². The summed E-state index contributed by atoms with van der Waals surface area (Å²) in [5.41, 5.74) is -0.231. The normalized spacial score (nSPS) is 24.0. The number of rotatable bonds is 5. The van der Waals surface area contributed by atoms with Gasteiger partial charge in [-0.1, -0.05) is 6.92 Å². The fourth-order valence-electron chi connectivity index (χ4n) is 2.04. The van der Waals surface area contributed by atoms with Crippen LogP contribution < -0.4 is 10.6 Å². The van der Waals surface area contributed by atoms with Crippen molar-refractivity contribution in [2.24, 2.45) is 18.0 Å². The lowest BCUT2D eigenvalue weighted by Gasteiger charge is -2.20. The highest BCUT2D eigenvalue weighted by Gasteiger charge is 2.33. The molecule has 0 radical (unpaired) electrons. The molecule has 0 amide bonds. The van der Waals surface area contributed by atoms with E-state index in [0.717, 1.165) is 18.1 Å². The van der Waals surface area contributed by atoms with Crippen LogP contribution in [-0.4, -0.2) is 40.0 Å². The van der Waals surface area contributed by atoms with Crippen molar-refractivity contribution in [1.29, 1.82) is 0 Å². The first kappa shape index (κ1) is 18.2. The van der Waals surface area contributed by atoms with E-state index in [2.05, 4.69) is 27.6 Å². The second-order valence-electron chi connectivity index (χ2n) is 5.84. The summed E-state index contributed by atoms with van der Waals surface area (Å²) in [6.45, 7) is 7.12. The lowest BCUT2D eigenvalue weighted by molar-refractivity contribution is 0.0671. The van der Waals surface area contributed by atoms with Crippen molar-refractivity contribution < 1.29 is 5.11 Å². The van der Waals surface area contributed by atoms with Crippen LogP contribution in [0.3, 0.4) is 0 Å². The molecule has 1 aromatic heterocycles. The smallest absolute Gasteiger partial charge is 0.191 e. The fourth-order valence-corrected chi connectivity index (χ4v) is 2.04. The van der Waals surface area contributed by atoms with Crippen LogP contribution in [0, 0.1) is 5.92 Å². The Morgan fingerprint density at radius 3 is 2.76 bits per heavy atom. The van der Waals surface area contributed by atoms with Crippen LogP contribution in [0.25, 0.3) is 0 Å². The van der Waals surface area contributed by atoms with Gasteiger partial charge in [-0.05, 0) is 26.2 Å². The monoisotopic (exact) mass is 407 g/mol. The molecule has 3 atom stereocenters. The van der Waals surface area contributed by atoms with E-state index in [1.807, 2.05) is 20.2 Å². The second-order valence-corrected chi connectivity index (χ2v) is 5.84. The molecule has 1 fully saturated rings. The Hall–Kier alpha value is -0.830. The Labute approximate surface area is 143 Å². The zero-order valence-electron chi connectivity index (χ0n) is 13.1. The molecule has 0 aliphatic heterocycles. The first-order chi connectivity index (χ1) is 9.42. The summed E-state index contributed by atoms with van der Waals surface area (Å²) in [6.07, 6.45) is 4.68. The number of nitrogens with zero attached hydrogens (tertiary/aromatic N) is 3. The van der Waals surface area contributed by atoms with Crippen molar-refractivity contribution in [2.75, 3.05) is 13.1 Å². The molecule has 1 aliphatic rings. The third kappa shape index (κ3) is 5.14. The molecule has 3 N–H and O–H groups in total. The molecule has 1 saturated carbocycles. The number of halogens is 1. The van der Waals surface area contributed by atoms with E-state index in [9.17, 15) is 5.11 Å². The van der Waals surface area contributed by atoms with Gasteiger partial charge in [0.1, 0.15) is 5.60 Å². The fraction of sp³-hybridized carbons (Fsp3) is 0.714. The highest BCUT2D eigenvalue weighted by Crippen LogP contribution is 2.28. The third-order valence-corrected chi connectivity index (χ3v) is 3.65. The van der Waals surface area contributed by atoms with Gasteiger partial charge >= 0.3 is 0 Å². The summed E-state index contributed by atoms with van der Waals surface area (Å²) in [5, 5.41) is 21.2. The Morgan fingerprint density at radius 2 is 2.29 bits per heavy atom. The van der Waals surface area contributed by atoms with Gasteiger partial charge in [0.25, 0.3) is 0 Å². The largest absolute Gasteiger partial charge is 0.383 e. The van der Waals surface area contributed by atoms with Gasteiger partial charge in [-0.15, -0.1) is 24.0 Å². The van der Waals surface area contributed by atoms with Crippen molar-refractivity contribution in [3.8, 4) is 0 Å². The van der Waals surface area contributed by atoms with E-state index >= 15 is 0 Å². The summed E-state index contributed by atoms with van der Waals surface area (Å²) < 4.78 is 1.68. The number of aliphatic imine (C=N–C) groups is 1. The molecule has 3 unspecified atom stereocenters. The molecule has 21 heavy (non-hydrogen) atoms. The summed E-state index contributed by atoms with van der Waals surface area (Å²) in [5.74, 6) is 1.48. The number of guanidine groups is 1. The molecule has 0 bridgehead atoms. The molecule has 7 heteroatoms. The molecule has 0 saturated heterocycles. The Balaban J connectivity index is 0.00000220. The lowest BCUT2D eigenvalue weighted by Crippen LogP contribution is -2.40.